The average Bonchev–Trinajstić information content (AvgIpc) is 3.01. The second-order valence-corrected chi connectivity index (χ2v) is 8.04. The summed E-state index contributed by atoms with van der Waals surface area (Å²) < 4.78 is 67.2. The maximum absolute atomic E-state index is 13.9. The van der Waals surface area contributed by atoms with Gasteiger partial charge in [0.05, 0.1) is 10.4 Å². The van der Waals surface area contributed by atoms with Gasteiger partial charge in [-0.15, -0.1) is 11.3 Å². The fraction of sp³-hybridized carbons (Fsp3) is 0.227. The van der Waals surface area contributed by atoms with Crippen LogP contribution in [-0.4, -0.2) is 5.78 Å². The van der Waals surface area contributed by atoms with Crippen molar-refractivity contribution in [1.82, 2.24) is 0 Å². The second-order valence-electron chi connectivity index (χ2n) is 6.99. The van der Waals surface area contributed by atoms with Gasteiger partial charge in [0.15, 0.2) is 5.78 Å². The van der Waals surface area contributed by atoms with Crippen molar-refractivity contribution >= 4 is 17.1 Å². The van der Waals surface area contributed by atoms with E-state index in [0.717, 1.165) is 53.1 Å². The van der Waals surface area contributed by atoms with E-state index in [9.17, 15) is 26.7 Å². The van der Waals surface area contributed by atoms with Crippen LogP contribution < -0.4 is 0 Å². The molecule has 0 saturated heterocycles. The summed E-state index contributed by atoms with van der Waals surface area (Å²) in [5.41, 5.74) is 1.04. The highest BCUT2D eigenvalue weighted by atomic mass is 32.1. The number of aryl methyl sites for hydroxylation is 2. The van der Waals surface area contributed by atoms with Crippen LogP contribution in [0.5, 0.6) is 0 Å². The van der Waals surface area contributed by atoms with Crippen LogP contribution in [0.15, 0.2) is 42.5 Å². The number of benzene rings is 2. The molecule has 1 heterocycles. The van der Waals surface area contributed by atoms with Gasteiger partial charge >= 0.3 is 6.18 Å². The Morgan fingerprint density at radius 3 is 2.34 bits per heavy atom. The van der Waals surface area contributed by atoms with E-state index >= 15 is 0 Å². The van der Waals surface area contributed by atoms with Crippen molar-refractivity contribution in [2.24, 2.45) is 0 Å². The molecule has 0 aliphatic heterocycles. The number of Topliss-reactive ketones (excluding diaryl/α,β-unsaturated/α-hetero) is 1. The van der Waals surface area contributed by atoms with Gasteiger partial charge in [-0.2, -0.15) is 13.2 Å². The zero-order chi connectivity index (χ0) is 20.8. The number of fused-ring (bicyclic) bond motifs is 3. The van der Waals surface area contributed by atoms with Gasteiger partial charge in [-0.05, 0) is 66.3 Å². The molecule has 4 rings (SSSR count). The fourth-order valence-electron chi connectivity index (χ4n) is 3.58. The van der Waals surface area contributed by atoms with Crippen molar-refractivity contribution in [1.29, 1.82) is 0 Å². The summed E-state index contributed by atoms with van der Waals surface area (Å²) in [6.45, 7) is 0. The maximum atomic E-state index is 13.9. The summed E-state index contributed by atoms with van der Waals surface area (Å²) in [5, 5.41) is 0. The molecular weight excluding hydrogens is 407 g/mol. The Kier molecular flexibility index (Phi) is 5.02. The molecular formula is C22H15F5OS. The second kappa shape index (κ2) is 7.37. The molecule has 2 aromatic carbocycles. The molecule has 0 bridgehead atoms. The minimum absolute atomic E-state index is 0.294. The number of halogens is 5. The molecule has 0 fully saturated rings. The van der Waals surface area contributed by atoms with Crippen LogP contribution in [0.4, 0.5) is 22.0 Å². The van der Waals surface area contributed by atoms with Crippen LogP contribution in [0.25, 0.3) is 10.4 Å². The zero-order valence-electron chi connectivity index (χ0n) is 15.1. The van der Waals surface area contributed by atoms with Crippen LogP contribution >= 0.6 is 11.3 Å². The highest BCUT2D eigenvalue weighted by molar-refractivity contribution is 7.17. The maximum Gasteiger partial charge on any atom is 0.416 e. The SMILES string of the molecule is O=C(Cc1c(F)cccc1F)c1cc2c(s1)-c1cc(C(F)(F)F)ccc1CCC2. The lowest BCUT2D eigenvalue weighted by Crippen LogP contribution is -2.06. The molecule has 29 heavy (non-hydrogen) atoms. The monoisotopic (exact) mass is 422 g/mol. The molecule has 0 atom stereocenters. The van der Waals surface area contributed by atoms with E-state index in [4.69, 9.17) is 0 Å². The first-order valence-corrected chi connectivity index (χ1v) is 9.85. The first-order valence-electron chi connectivity index (χ1n) is 9.03. The van der Waals surface area contributed by atoms with E-state index in [2.05, 4.69) is 0 Å². The van der Waals surface area contributed by atoms with Gasteiger partial charge in [-0.25, -0.2) is 8.78 Å². The van der Waals surface area contributed by atoms with E-state index in [1.165, 1.54) is 12.1 Å². The Morgan fingerprint density at radius 1 is 0.966 bits per heavy atom. The van der Waals surface area contributed by atoms with Gasteiger partial charge in [0.2, 0.25) is 0 Å². The third-order valence-corrected chi connectivity index (χ3v) is 6.31. The molecule has 0 amide bonds. The topological polar surface area (TPSA) is 17.1 Å². The smallest absolute Gasteiger partial charge is 0.293 e. The largest absolute Gasteiger partial charge is 0.416 e. The van der Waals surface area contributed by atoms with Crippen LogP contribution in [0.1, 0.15) is 38.3 Å². The Hall–Kier alpha value is -2.54. The number of ketones is 1. The lowest BCUT2D eigenvalue weighted by molar-refractivity contribution is -0.137. The van der Waals surface area contributed by atoms with Gasteiger partial charge in [-0.3, -0.25) is 4.79 Å². The lowest BCUT2D eigenvalue weighted by Gasteiger charge is -2.11. The number of alkyl halides is 3. The predicted molar refractivity (Wildman–Crippen MR) is 101 cm³/mol. The predicted octanol–water partition coefficient (Wildman–Crippen LogP) is 6.63. The molecule has 0 N–H and O–H groups in total. The Balaban J connectivity index is 1.72. The molecule has 1 aliphatic rings. The lowest BCUT2D eigenvalue weighted by atomic mass is 10.0. The van der Waals surface area contributed by atoms with Gasteiger partial charge in [0, 0.05) is 16.9 Å². The van der Waals surface area contributed by atoms with Gasteiger partial charge in [-0.1, -0.05) is 12.1 Å². The van der Waals surface area contributed by atoms with Crippen LogP contribution in [-0.2, 0) is 25.4 Å². The minimum atomic E-state index is -4.46. The number of carbonyl (C=O) groups is 1. The van der Waals surface area contributed by atoms with Crippen LogP contribution in [0.3, 0.4) is 0 Å². The normalized spacial score (nSPS) is 13.6. The number of hydrogen-bond acceptors (Lipinski definition) is 2. The van der Waals surface area contributed by atoms with E-state index < -0.39 is 35.6 Å². The Labute approximate surface area is 167 Å². The van der Waals surface area contributed by atoms with Crippen molar-refractivity contribution in [3.8, 4) is 10.4 Å². The zero-order valence-corrected chi connectivity index (χ0v) is 15.9. The first kappa shape index (κ1) is 19.8. The third kappa shape index (κ3) is 3.83. The van der Waals surface area contributed by atoms with Gasteiger partial charge in [0.25, 0.3) is 0 Å². The highest BCUT2D eigenvalue weighted by Crippen LogP contribution is 2.41. The molecule has 1 nitrogen and oxygen atoms in total. The molecule has 0 radical (unpaired) electrons. The van der Waals surface area contributed by atoms with Crippen LogP contribution in [0.2, 0.25) is 0 Å². The summed E-state index contributed by atoms with van der Waals surface area (Å²) in [6, 6.07) is 8.74. The highest BCUT2D eigenvalue weighted by Gasteiger charge is 2.32. The number of hydrogen-bond donors (Lipinski definition) is 0. The van der Waals surface area contributed by atoms with Crippen molar-refractivity contribution in [2.75, 3.05) is 0 Å². The molecule has 3 aromatic rings. The van der Waals surface area contributed by atoms with E-state index in [-0.39, 0.29) is 5.56 Å². The van der Waals surface area contributed by atoms with Crippen molar-refractivity contribution in [3.63, 3.8) is 0 Å². The Bertz CT molecular complexity index is 1080. The van der Waals surface area contributed by atoms with Gasteiger partial charge in [0.1, 0.15) is 11.6 Å². The summed E-state index contributed by atoms with van der Waals surface area (Å²) in [6.07, 6.45) is -2.87. The van der Waals surface area contributed by atoms with Crippen LogP contribution in [0, 0.1) is 11.6 Å². The molecule has 0 spiro atoms. The summed E-state index contributed by atoms with van der Waals surface area (Å²) in [5.74, 6) is -2.05. The summed E-state index contributed by atoms with van der Waals surface area (Å²) in [7, 11) is 0. The third-order valence-electron chi connectivity index (χ3n) is 5.06. The van der Waals surface area contributed by atoms with E-state index in [0.29, 0.717) is 28.2 Å². The van der Waals surface area contributed by atoms with Crippen molar-refractivity contribution in [3.05, 3.63) is 81.2 Å². The van der Waals surface area contributed by atoms with E-state index in [1.807, 2.05) is 0 Å². The summed E-state index contributed by atoms with van der Waals surface area (Å²) >= 11 is 1.09. The average molecular weight is 422 g/mol. The molecule has 150 valence electrons. The van der Waals surface area contributed by atoms with Crippen molar-refractivity contribution in [2.45, 2.75) is 31.9 Å². The van der Waals surface area contributed by atoms with E-state index in [1.54, 1.807) is 6.07 Å². The molecule has 1 aromatic heterocycles. The number of rotatable bonds is 3. The molecule has 0 unspecified atom stereocenters. The minimum Gasteiger partial charge on any atom is -0.293 e. The standard InChI is InChI=1S/C22H15F5OS/c23-17-5-2-6-18(24)16(17)11-19(28)20-9-13-4-1-3-12-7-8-14(22(25,26)27)10-15(12)21(13)29-20/h2,5-10H,1,3-4,11H2. The molecule has 0 saturated carbocycles. The molecule has 7 heteroatoms. The Morgan fingerprint density at radius 2 is 1.66 bits per heavy atom. The first-order chi connectivity index (χ1) is 13.7. The fourth-order valence-corrected chi connectivity index (χ4v) is 4.78. The molecule has 1 aliphatic carbocycles. The van der Waals surface area contributed by atoms with Gasteiger partial charge < -0.3 is 0 Å². The number of thiophene rings is 1. The quantitative estimate of drug-likeness (QED) is 0.342. The number of carbonyl (C=O) groups excluding carboxylic acids is 1. The van der Waals surface area contributed by atoms with Crippen molar-refractivity contribution < 1.29 is 26.7 Å². The summed E-state index contributed by atoms with van der Waals surface area (Å²) in [4.78, 5) is 13.6.